The Hall–Kier alpha value is -2.82. The quantitative estimate of drug-likeness (QED) is 0.919. The van der Waals surface area contributed by atoms with E-state index in [4.69, 9.17) is 0 Å². The number of carbonyl (C=O) groups is 2. The first-order chi connectivity index (χ1) is 12.6. The van der Waals surface area contributed by atoms with E-state index in [1.165, 1.54) is 0 Å². The summed E-state index contributed by atoms with van der Waals surface area (Å²) in [4.78, 5) is 28.2. The second-order valence-corrected chi connectivity index (χ2v) is 6.59. The van der Waals surface area contributed by atoms with E-state index < -0.39 is 0 Å². The van der Waals surface area contributed by atoms with Crippen molar-refractivity contribution in [2.24, 2.45) is 0 Å². The molecule has 0 spiro atoms. The lowest BCUT2D eigenvalue weighted by Gasteiger charge is -2.36. The maximum atomic E-state index is 12.6. The van der Waals surface area contributed by atoms with Gasteiger partial charge in [0.15, 0.2) is 0 Å². The van der Waals surface area contributed by atoms with Gasteiger partial charge in [-0.15, -0.1) is 0 Å². The summed E-state index contributed by atoms with van der Waals surface area (Å²) in [7, 11) is 0. The Balaban J connectivity index is 1.57. The standard InChI is InChI=1S/C21H25N3O2/c1-3-20(25)22-18-8-10-19(11-9-18)23-12-14-24(15-13-23)21(26)17-6-4-16(2)5-7-17/h4-11H,3,12-15H2,1-2H3,(H,22,25). The van der Waals surface area contributed by atoms with Crippen molar-refractivity contribution in [3.05, 3.63) is 59.7 Å². The molecule has 5 nitrogen and oxygen atoms in total. The molecule has 1 heterocycles. The topological polar surface area (TPSA) is 52.7 Å². The highest BCUT2D eigenvalue weighted by Gasteiger charge is 2.22. The van der Waals surface area contributed by atoms with Crippen molar-refractivity contribution in [3.63, 3.8) is 0 Å². The van der Waals surface area contributed by atoms with Gasteiger partial charge in [0, 0.05) is 49.5 Å². The molecule has 3 rings (SSSR count). The zero-order valence-corrected chi connectivity index (χ0v) is 15.4. The molecule has 2 aromatic carbocycles. The first kappa shape index (κ1) is 18.0. The molecule has 0 aromatic heterocycles. The first-order valence-corrected chi connectivity index (χ1v) is 9.07. The molecule has 2 aromatic rings. The van der Waals surface area contributed by atoms with Gasteiger partial charge < -0.3 is 15.1 Å². The van der Waals surface area contributed by atoms with Crippen LogP contribution in [0.1, 0.15) is 29.3 Å². The molecule has 1 saturated heterocycles. The van der Waals surface area contributed by atoms with E-state index >= 15 is 0 Å². The highest BCUT2D eigenvalue weighted by atomic mass is 16.2. The fourth-order valence-corrected chi connectivity index (χ4v) is 3.05. The molecule has 1 aliphatic heterocycles. The van der Waals surface area contributed by atoms with Crippen molar-refractivity contribution in [1.29, 1.82) is 0 Å². The van der Waals surface area contributed by atoms with Crippen molar-refractivity contribution >= 4 is 23.2 Å². The van der Waals surface area contributed by atoms with Crippen LogP contribution in [0.15, 0.2) is 48.5 Å². The predicted octanol–water partition coefficient (Wildman–Crippen LogP) is 3.31. The molecule has 0 saturated carbocycles. The van der Waals surface area contributed by atoms with Gasteiger partial charge in [-0.05, 0) is 43.3 Å². The van der Waals surface area contributed by atoms with Gasteiger partial charge >= 0.3 is 0 Å². The van der Waals surface area contributed by atoms with E-state index in [9.17, 15) is 9.59 Å². The van der Waals surface area contributed by atoms with E-state index in [-0.39, 0.29) is 11.8 Å². The molecule has 0 aliphatic carbocycles. The minimum Gasteiger partial charge on any atom is -0.368 e. The number of nitrogens with one attached hydrogen (secondary N) is 1. The SMILES string of the molecule is CCC(=O)Nc1ccc(N2CCN(C(=O)c3ccc(C)cc3)CC2)cc1. The van der Waals surface area contributed by atoms with Gasteiger partial charge in [-0.2, -0.15) is 0 Å². The largest absolute Gasteiger partial charge is 0.368 e. The molecule has 0 atom stereocenters. The molecule has 1 N–H and O–H groups in total. The average molecular weight is 351 g/mol. The van der Waals surface area contributed by atoms with Gasteiger partial charge in [0.05, 0.1) is 0 Å². The number of nitrogens with zero attached hydrogens (tertiary/aromatic N) is 2. The van der Waals surface area contributed by atoms with Crippen molar-refractivity contribution in [2.45, 2.75) is 20.3 Å². The third-order valence-electron chi connectivity index (χ3n) is 4.70. The Morgan fingerprint density at radius 3 is 2.12 bits per heavy atom. The predicted molar refractivity (Wildman–Crippen MR) is 105 cm³/mol. The Kier molecular flexibility index (Phi) is 5.56. The molecule has 0 radical (unpaired) electrons. The lowest BCUT2D eigenvalue weighted by Crippen LogP contribution is -2.48. The van der Waals surface area contributed by atoms with Crippen LogP contribution in [-0.2, 0) is 4.79 Å². The van der Waals surface area contributed by atoms with Crippen LogP contribution in [0.4, 0.5) is 11.4 Å². The normalized spacial score (nSPS) is 14.2. The average Bonchev–Trinajstić information content (AvgIpc) is 2.68. The monoisotopic (exact) mass is 351 g/mol. The molecular formula is C21H25N3O2. The second-order valence-electron chi connectivity index (χ2n) is 6.59. The maximum Gasteiger partial charge on any atom is 0.253 e. The van der Waals surface area contributed by atoms with Crippen LogP contribution >= 0.6 is 0 Å². The molecule has 5 heteroatoms. The summed E-state index contributed by atoms with van der Waals surface area (Å²) in [5, 5.41) is 2.86. The highest BCUT2D eigenvalue weighted by Crippen LogP contribution is 2.20. The zero-order chi connectivity index (χ0) is 18.5. The lowest BCUT2D eigenvalue weighted by atomic mass is 10.1. The number of carbonyl (C=O) groups excluding carboxylic acids is 2. The highest BCUT2D eigenvalue weighted by molar-refractivity contribution is 5.94. The van der Waals surface area contributed by atoms with Gasteiger partial charge in [-0.1, -0.05) is 24.6 Å². The summed E-state index contributed by atoms with van der Waals surface area (Å²) < 4.78 is 0. The number of benzene rings is 2. The fourth-order valence-electron chi connectivity index (χ4n) is 3.05. The smallest absolute Gasteiger partial charge is 0.253 e. The number of hydrogen-bond donors (Lipinski definition) is 1. The molecule has 2 amide bonds. The van der Waals surface area contributed by atoms with Crippen molar-refractivity contribution in [1.82, 2.24) is 4.90 Å². The Morgan fingerprint density at radius 2 is 1.54 bits per heavy atom. The van der Waals surface area contributed by atoms with E-state index in [0.717, 1.165) is 35.6 Å². The number of anilines is 2. The van der Waals surface area contributed by atoms with Crippen LogP contribution < -0.4 is 10.2 Å². The third kappa shape index (κ3) is 4.23. The lowest BCUT2D eigenvalue weighted by molar-refractivity contribution is -0.115. The van der Waals surface area contributed by atoms with E-state index in [1.807, 2.05) is 67.3 Å². The molecule has 136 valence electrons. The number of rotatable bonds is 4. The zero-order valence-electron chi connectivity index (χ0n) is 15.4. The molecule has 1 fully saturated rings. The minimum atomic E-state index is 0.0148. The summed E-state index contributed by atoms with van der Waals surface area (Å²) >= 11 is 0. The van der Waals surface area contributed by atoms with E-state index in [2.05, 4.69) is 10.2 Å². The van der Waals surface area contributed by atoms with Crippen LogP contribution in [0.25, 0.3) is 0 Å². The molecule has 1 aliphatic rings. The van der Waals surface area contributed by atoms with Crippen LogP contribution in [0.3, 0.4) is 0 Å². The molecule has 0 unspecified atom stereocenters. The van der Waals surface area contributed by atoms with Gasteiger partial charge in [-0.25, -0.2) is 0 Å². The van der Waals surface area contributed by atoms with Crippen molar-refractivity contribution < 1.29 is 9.59 Å². The Bertz CT molecular complexity index is 761. The summed E-state index contributed by atoms with van der Waals surface area (Å²) in [6.45, 7) is 6.88. The van der Waals surface area contributed by atoms with Gasteiger partial charge in [0.2, 0.25) is 5.91 Å². The first-order valence-electron chi connectivity index (χ1n) is 9.07. The van der Waals surface area contributed by atoms with Crippen LogP contribution in [-0.4, -0.2) is 42.9 Å². The third-order valence-corrected chi connectivity index (χ3v) is 4.70. The fraction of sp³-hybridized carbons (Fsp3) is 0.333. The van der Waals surface area contributed by atoms with E-state index in [0.29, 0.717) is 19.5 Å². The van der Waals surface area contributed by atoms with Crippen LogP contribution in [0.2, 0.25) is 0 Å². The number of amides is 2. The number of hydrogen-bond acceptors (Lipinski definition) is 3. The van der Waals surface area contributed by atoms with Crippen LogP contribution in [0, 0.1) is 6.92 Å². The Labute approximate surface area is 154 Å². The van der Waals surface area contributed by atoms with Crippen molar-refractivity contribution in [2.75, 3.05) is 36.4 Å². The van der Waals surface area contributed by atoms with Gasteiger partial charge in [-0.3, -0.25) is 9.59 Å². The molecule has 26 heavy (non-hydrogen) atoms. The summed E-state index contributed by atoms with van der Waals surface area (Å²) in [5.41, 5.74) is 3.83. The summed E-state index contributed by atoms with van der Waals surface area (Å²) in [6.07, 6.45) is 0.471. The maximum absolute atomic E-state index is 12.6. The van der Waals surface area contributed by atoms with Gasteiger partial charge in [0.1, 0.15) is 0 Å². The minimum absolute atomic E-state index is 0.0148. The summed E-state index contributed by atoms with van der Waals surface area (Å²) in [6, 6.07) is 15.6. The van der Waals surface area contributed by atoms with Crippen LogP contribution in [0.5, 0.6) is 0 Å². The van der Waals surface area contributed by atoms with Gasteiger partial charge in [0.25, 0.3) is 5.91 Å². The molecular weight excluding hydrogens is 326 g/mol. The van der Waals surface area contributed by atoms with E-state index in [1.54, 1.807) is 0 Å². The number of aryl methyl sites for hydroxylation is 1. The Morgan fingerprint density at radius 1 is 0.923 bits per heavy atom. The summed E-state index contributed by atoms with van der Waals surface area (Å²) in [5.74, 6) is 0.114. The molecule has 0 bridgehead atoms. The van der Waals surface area contributed by atoms with Crippen molar-refractivity contribution in [3.8, 4) is 0 Å². The second kappa shape index (κ2) is 8.04. The number of piperazine rings is 1.